The zero-order chi connectivity index (χ0) is 22.4. The van der Waals surface area contributed by atoms with Gasteiger partial charge >= 0.3 is 5.97 Å². The molecule has 1 N–H and O–H groups in total. The van der Waals surface area contributed by atoms with Crippen LogP contribution in [-0.4, -0.2) is 48.4 Å². The smallest absolute Gasteiger partial charge is 0.328 e. The zero-order valence-corrected chi connectivity index (χ0v) is 18.6. The molecule has 2 amide bonds. The first kappa shape index (κ1) is 22.8. The number of methoxy groups -OCH3 is 1. The van der Waals surface area contributed by atoms with E-state index in [9.17, 15) is 14.4 Å². The Hall–Kier alpha value is -2.89. The average molecular weight is 425 g/mol. The van der Waals surface area contributed by atoms with Gasteiger partial charge in [-0.25, -0.2) is 4.79 Å². The summed E-state index contributed by atoms with van der Waals surface area (Å²) in [7, 11) is 1.32. The molecular formula is C25H32N2O4. The number of hydrogen-bond acceptors (Lipinski definition) is 4. The summed E-state index contributed by atoms with van der Waals surface area (Å²) in [5.74, 6) is -0.806. The molecule has 0 unspecified atom stereocenters. The predicted octanol–water partition coefficient (Wildman–Crippen LogP) is 3.47. The Morgan fingerprint density at radius 1 is 1.10 bits per heavy atom. The summed E-state index contributed by atoms with van der Waals surface area (Å²) < 4.78 is 4.95. The average Bonchev–Trinajstić information content (AvgIpc) is 3.29. The van der Waals surface area contributed by atoms with Gasteiger partial charge in [0.05, 0.1) is 7.11 Å². The van der Waals surface area contributed by atoms with E-state index >= 15 is 0 Å². The zero-order valence-electron chi connectivity index (χ0n) is 18.6. The lowest BCUT2D eigenvalue weighted by Gasteiger charge is -2.28. The molecule has 6 nitrogen and oxygen atoms in total. The minimum Gasteiger partial charge on any atom is -0.467 e. The maximum absolute atomic E-state index is 13.1. The van der Waals surface area contributed by atoms with Gasteiger partial charge in [-0.1, -0.05) is 56.3 Å². The number of likely N-dealkylation sites (tertiary alicyclic amines) is 1. The van der Waals surface area contributed by atoms with Gasteiger partial charge in [0, 0.05) is 18.9 Å². The van der Waals surface area contributed by atoms with Crippen LogP contribution in [0.2, 0.25) is 0 Å². The van der Waals surface area contributed by atoms with Crippen LogP contribution in [-0.2, 0) is 25.5 Å². The fourth-order valence-electron chi connectivity index (χ4n) is 4.38. The van der Waals surface area contributed by atoms with Crippen molar-refractivity contribution in [2.24, 2.45) is 5.92 Å². The number of fused-ring (bicyclic) bond motifs is 1. The van der Waals surface area contributed by atoms with Crippen molar-refractivity contribution in [2.75, 3.05) is 13.7 Å². The Bertz CT molecular complexity index is 938. The highest BCUT2D eigenvalue weighted by Gasteiger charge is 2.37. The van der Waals surface area contributed by atoms with Gasteiger partial charge < -0.3 is 15.0 Å². The van der Waals surface area contributed by atoms with Crippen LogP contribution in [0.5, 0.6) is 0 Å². The first-order valence-electron chi connectivity index (χ1n) is 11.1. The Kier molecular flexibility index (Phi) is 7.66. The lowest BCUT2D eigenvalue weighted by atomic mass is 10.0. The number of ether oxygens (including phenoxy) is 1. The molecule has 2 aromatic carbocycles. The molecule has 6 heteroatoms. The maximum Gasteiger partial charge on any atom is 0.328 e. The monoisotopic (exact) mass is 424 g/mol. The van der Waals surface area contributed by atoms with Crippen molar-refractivity contribution in [3.63, 3.8) is 0 Å². The minimum atomic E-state index is -0.802. The van der Waals surface area contributed by atoms with Gasteiger partial charge in [0.25, 0.3) is 0 Å². The fourth-order valence-corrected chi connectivity index (χ4v) is 4.38. The standard InChI is InChI=1S/C25H32N2O4/c1-4-18(5-2)24(29)27-14-8-11-22(27)23(28)26-21(25(30)31-3)16-17-12-13-19-9-6-7-10-20(19)15-17/h6-7,9-10,12-13,15,18,21-22H,4-5,8,11,14,16H2,1-3H3,(H,26,28)/t21-,22+/m1/s1. The second-order valence-corrected chi connectivity index (χ2v) is 8.17. The first-order chi connectivity index (χ1) is 15.0. The molecule has 1 aliphatic rings. The molecule has 1 heterocycles. The first-order valence-corrected chi connectivity index (χ1v) is 11.1. The number of esters is 1. The second kappa shape index (κ2) is 10.4. The summed E-state index contributed by atoms with van der Waals surface area (Å²) in [6.45, 7) is 4.57. The normalized spacial score (nSPS) is 17.0. The van der Waals surface area contributed by atoms with Crippen LogP contribution >= 0.6 is 0 Å². The molecule has 166 valence electrons. The van der Waals surface area contributed by atoms with Crippen molar-refractivity contribution in [3.05, 3.63) is 48.0 Å². The van der Waals surface area contributed by atoms with Crippen molar-refractivity contribution in [2.45, 2.75) is 58.0 Å². The summed E-state index contributed by atoms with van der Waals surface area (Å²) in [5.41, 5.74) is 0.936. The molecule has 0 spiro atoms. The molecule has 0 radical (unpaired) electrons. The van der Waals surface area contributed by atoms with Crippen LogP contribution in [0.1, 0.15) is 45.1 Å². The summed E-state index contributed by atoms with van der Waals surface area (Å²) in [4.78, 5) is 40.1. The summed E-state index contributed by atoms with van der Waals surface area (Å²) in [6.07, 6.45) is 3.25. The summed E-state index contributed by atoms with van der Waals surface area (Å²) in [5, 5.41) is 5.05. The SMILES string of the molecule is CCC(CC)C(=O)N1CCC[C@H]1C(=O)N[C@H](Cc1ccc2ccccc2c1)C(=O)OC. The van der Waals surface area contributed by atoms with E-state index in [2.05, 4.69) is 5.32 Å². The topological polar surface area (TPSA) is 75.7 Å². The highest BCUT2D eigenvalue weighted by molar-refractivity contribution is 5.92. The maximum atomic E-state index is 13.1. The molecule has 2 aromatic rings. The molecule has 3 rings (SSSR count). The van der Waals surface area contributed by atoms with E-state index in [4.69, 9.17) is 4.74 Å². The van der Waals surface area contributed by atoms with E-state index in [0.717, 1.165) is 35.6 Å². The molecule has 1 aliphatic heterocycles. The van der Waals surface area contributed by atoms with E-state index in [1.54, 1.807) is 4.90 Å². The molecule has 0 aliphatic carbocycles. The molecule has 1 fully saturated rings. The minimum absolute atomic E-state index is 0.0341. The lowest BCUT2D eigenvalue weighted by molar-refractivity contribution is -0.146. The van der Waals surface area contributed by atoms with Crippen LogP contribution < -0.4 is 5.32 Å². The number of amides is 2. The van der Waals surface area contributed by atoms with E-state index in [-0.39, 0.29) is 17.7 Å². The van der Waals surface area contributed by atoms with Gasteiger partial charge in [0.15, 0.2) is 0 Å². The lowest BCUT2D eigenvalue weighted by Crippen LogP contribution is -2.52. The molecule has 0 saturated carbocycles. The number of nitrogens with zero attached hydrogens (tertiary/aromatic N) is 1. The molecular weight excluding hydrogens is 392 g/mol. The molecule has 0 bridgehead atoms. The molecule has 2 atom stereocenters. The van der Waals surface area contributed by atoms with E-state index < -0.39 is 18.1 Å². The van der Waals surface area contributed by atoms with Gasteiger partial charge in [0.1, 0.15) is 12.1 Å². The Labute approximate surface area is 183 Å². The van der Waals surface area contributed by atoms with Gasteiger partial charge in [-0.2, -0.15) is 0 Å². The highest BCUT2D eigenvalue weighted by atomic mass is 16.5. The Morgan fingerprint density at radius 3 is 2.48 bits per heavy atom. The number of carbonyl (C=O) groups is 3. The molecule has 0 aromatic heterocycles. The summed E-state index contributed by atoms with van der Waals surface area (Å²) in [6, 6.07) is 12.7. The second-order valence-electron chi connectivity index (χ2n) is 8.17. The van der Waals surface area contributed by atoms with Crippen molar-refractivity contribution in [1.29, 1.82) is 0 Å². The van der Waals surface area contributed by atoms with Crippen molar-refractivity contribution in [3.8, 4) is 0 Å². The van der Waals surface area contributed by atoms with Gasteiger partial charge in [-0.05, 0) is 42.0 Å². The molecule has 31 heavy (non-hydrogen) atoms. The largest absolute Gasteiger partial charge is 0.467 e. The predicted molar refractivity (Wildman–Crippen MR) is 120 cm³/mol. The van der Waals surface area contributed by atoms with Crippen LogP contribution in [0.3, 0.4) is 0 Å². The fraction of sp³-hybridized carbons (Fsp3) is 0.480. The van der Waals surface area contributed by atoms with Gasteiger partial charge in [-0.3, -0.25) is 9.59 Å². The van der Waals surface area contributed by atoms with Crippen LogP contribution in [0.4, 0.5) is 0 Å². The third kappa shape index (κ3) is 5.24. The summed E-state index contributed by atoms with van der Waals surface area (Å²) >= 11 is 0. The van der Waals surface area contributed by atoms with Gasteiger partial charge in [0.2, 0.25) is 11.8 Å². The Morgan fingerprint density at radius 2 is 1.81 bits per heavy atom. The van der Waals surface area contributed by atoms with Crippen LogP contribution in [0.25, 0.3) is 10.8 Å². The Balaban J connectivity index is 1.74. The number of hydrogen-bond donors (Lipinski definition) is 1. The third-order valence-corrected chi connectivity index (χ3v) is 6.23. The highest BCUT2D eigenvalue weighted by Crippen LogP contribution is 2.23. The number of carbonyl (C=O) groups excluding carboxylic acids is 3. The van der Waals surface area contributed by atoms with Crippen molar-refractivity contribution in [1.82, 2.24) is 10.2 Å². The van der Waals surface area contributed by atoms with Crippen LogP contribution in [0.15, 0.2) is 42.5 Å². The van der Waals surface area contributed by atoms with E-state index in [0.29, 0.717) is 19.4 Å². The van der Waals surface area contributed by atoms with E-state index in [1.165, 1.54) is 7.11 Å². The number of benzene rings is 2. The van der Waals surface area contributed by atoms with Crippen LogP contribution in [0, 0.1) is 5.92 Å². The van der Waals surface area contributed by atoms with Crippen molar-refractivity contribution < 1.29 is 19.1 Å². The third-order valence-electron chi connectivity index (χ3n) is 6.23. The number of nitrogens with one attached hydrogen (secondary N) is 1. The number of rotatable bonds is 8. The van der Waals surface area contributed by atoms with E-state index in [1.807, 2.05) is 56.3 Å². The molecule has 1 saturated heterocycles. The van der Waals surface area contributed by atoms with Crippen molar-refractivity contribution >= 4 is 28.6 Å². The van der Waals surface area contributed by atoms with Gasteiger partial charge in [-0.15, -0.1) is 0 Å². The quantitative estimate of drug-likeness (QED) is 0.659.